The van der Waals surface area contributed by atoms with E-state index in [1.54, 1.807) is 6.92 Å². The minimum atomic E-state index is -1.15. The molecule has 0 aromatic rings. The molecular formula is C9H14O4. The molecule has 2 atom stereocenters. The van der Waals surface area contributed by atoms with Crippen LogP contribution in [0.3, 0.4) is 0 Å². The molecule has 0 heterocycles. The monoisotopic (exact) mass is 186 g/mol. The van der Waals surface area contributed by atoms with Crippen molar-refractivity contribution in [2.75, 3.05) is 14.2 Å². The molecule has 0 spiro atoms. The van der Waals surface area contributed by atoms with Crippen molar-refractivity contribution in [3.63, 3.8) is 0 Å². The highest BCUT2D eigenvalue weighted by Crippen LogP contribution is 2.28. The quantitative estimate of drug-likeness (QED) is 0.667. The average Bonchev–Trinajstić information content (AvgIpc) is 2.08. The summed E-state index contributed by atoms with van der Waals surface area (Å²) in [5.41, 5.74) is -1.15. The highest BCUT2D eigenvalue weighted by molar-refractivity contribution is 5.30. The van der Waals surface area contributed by atoms with Crippen LogP contribution in [0.4, 0.5) is 0 Å². The van der Waals surface area contributed by atoms with Gasteiger partial charge in [-0.25, -0.2) is 0 Å². The molecule has 74 valence electrons. The summed E-state index contributed by atoms with van der Waals surface area (Å²) in [7, 11) is 2.87. The van der Waals surface area contributed by atoms with Crippen molar-refractivity contribution in [1.82, 2.24) is 0 Å². The summed E-state index contributed by atoms with van der Waals surface area (Å²) in [6, 6.07) is 0. The molecule has 13 heavy (non-hydrogen) atoms. The summed E-state index contributed by atoms with van der Waals surface area (Å²) in [6.45, 7) is 1.59. The molecule has 4 nitrogen and oxygen atoms in total. The van der Waals surface area contributed by atoms with Gasteiger partial charge in [-0.1, -0.05) is 0 Å². The summed E-state index contributed by atoms with van der Waals surface area (Å²) in [4.78, 5) is 0. The molecule has 0 aromatic heterocycles. The molecule has 0 fully saturated rings. The Bertz CT molecular complexity index is 252. The first-order valence-electron chi connectivity index (χ1n) is 3.94. The number of aliphatic hydroxyl groups is 2. The highest BCUT2D eigenvalue weighted by atomic mass is 16.5. The Balaban J connectivity index is 3.05. The van der Waals surface area contributed by atoms with Gasteiger partial charge in [-0.05, 0) is 19.1 Å². The van der Waals surface area contributed by atoms with Crippen LogP contribution in [0.25, 0.3) is 0 Å². The third kappa shape index (κ3) is 1.68. The van der Waals surface area contributed by atoms with Gasteiger partial charge < -0.3 is 19.7 Å². The molecule has 0 saturated heterocycles. The molecule has 1 aliphatic rings. The molecule has 2 unspecified atom stereocenters. The second-order valence-electron chi connectivity index (χ2n) is 3.13. The Hall–Kier alpha value is -1.00. The maximum absolute atomic E-state index is 9.82. The van der Waals surface area contributed by atoms with E-state index in [1.165, 1.54) is 26.4 Å². The van der Waals surface area contributed by atoms with Gasteiger partial charge in [0.25, 0.3) is 0 Å². The first-order chi connectivity index (χ1) is 6.03. The van der Waals surface area contributed by atoms with Crippen LogP contribution in [0, 0.1) is 0 Å². The van der Waals surface area contributed by atoms with Gasteiger partial charge >= 0.3 is 0 Å². The van der Waals surface area contributed by atoms with Crippen molar-refractivity contribution in [2.45, 2.75) is 18.6 Å². The first kappa shape index (κ1) is 10.1. The molecule has 4 heteroatoms. The lowest BCUT2D eigenvalue weighted by Gasteiger charge is -2.32. The van der Waals surface area contributed by atoms with E-state index in [2.05, 4.69) is 0 Å². The zero-order valence-corrected chi connectivity index (χ0v) is 7.94. The van der Waals surface area contributed by atoms with Crippen molar-refractivity contribution in [3.8, 4) is 0 Å². The number of ether oxygens (including phenoxy) is 2. The standard InChI is InChI=1S/C9H14O4/c1-9(11)5-4-6(10)7(12-2)8(9)13-3/h4-5,8,10-11H,1-3H3. The lowest BCUT2D eigenvalue weighted by Crippen LogP contribution is -2.42. The van der Waals surface area contributed by atoms with Gasteiger partial charge in [-0.15, -0.1) is 0 Å². The van der Waals surface area contributed by atoms with Crippen molar-refractivity contribution >= 4 is 0 Å². The van der Waals surface area contributed by atoms with E-state index < -0.39 is 11.7 Å². The average molecular weight is 186 g/mol. The first-order valence-corrected chi connectivity index (χ1v) is 3.94. The lowest BCUT2D eigenvalue weighted by molar-refractivity contribution is -0.0591. The van der Waals surface area contributed by atoms with Crippen molar-refractivity contribution < 1.29 is 19.7 Å². The van der Waals surface area contributed by atoms with E-state index in [0.717, 1.165) is 0 Å². The molecule has 0 bridgehead atoms. The molecule has 0 saturated carbocycles. The van der Waals surface area contributed by atoms with E-state index in [1.807, 2.05) is 0 Å². The zero-order valence-electron chi connectivity index (χ0n) is 7.94. The summed E-state index contributed by atoms with van der Waals surface area (Å²) < 4.78 is 9.97. The van der Waals surface area contributed by atoms with Crippen molar-refractivity contribution in [2.24, 2.45) is 0 Å². The largest absolute Gasteiger partial charge is 0.504 e. The van der Waals surface area contributed by atoms with E-state index in [9.17, 15) is 10.2 Å². The van der Waals surface area contributed by atoms with Gasteiger partial charge in [0.05, 0.1) is 7.11 Å². The molecule has 1 rings (SSSR count). The lowest BCUT2D eigenvalue weighted by atomic mass is 9.92. The van der Waals surface area contributed by atoms with Crippen LogP contribution in [0.2, 0.25) is 0 Å². The van der Waals surface area contributed by atoms with Crippen molar-refractivity contribution in [3.05, 3.63) is 23.7 Å². The van der Waals surface area contributed by atoms with Gasteiger partial charge in [-0.2, -0.15) is 0 Å². The van der Waals surface area contributed by atoms with Gasteiger partial charge in [0.2, 0.25) is 0 Å². The summed E-state index contributed by atoms with van der Waals surface area (Å²) in [5, 5.41) is 19.2. The van der Waals surface area contributed by atoms with Gasteiger partial charge in [0.15, 0.2) is 11.5 Å². The fourth-order valence-electron chi connectivity index (χ4n) is 1.37. The summed E-state index contributed by atoms with van der Waals surface area (Å²) in [6.07, 6.45) is 2.20. The maximum Gasteiger partial charge on any atom is 0.169 e. The van der Waals surface area contributed by atoms with Gasteiger partial charge in [0.1, 0.15) is 11.7 Å². The maximum atomic E-state index is 9.82. The molecule has 0 radical (unpaired) electrons. The Kier molecular flexibility index (Phi) is 2.63. The van der Waals surface area contributed by atoms with E-state index in [-0.39, 0.29) is 11.5 Å². The van der Waals surface area contributed by atoms with Crippen LogP contribution in [-0.4, -0.2) is 36.1 Å². The van der Waals surface area contributed by atoms with Crippen LogP contribution in [-0.2, 0) is 9.47 Å². The second-order valence-corrected chi connectivity index (χ2v) is 3.13. The third-order valence-electron chi connectivity index (χ3n) is 2.06. The van der Waals surface area contributed by atoms with Crippen molar-refractivity contribution in [1.29, 1.82) is 0 Å². The number of methoxy groups -OCH3 is 2. The Morgan fingerprint density at radius 2 is 2.08 bits per heavy atom. The summed E-state index contributed by atoms with van der Waals surface area (Å²) in [5.74, 6) is 0.232. The molecule has 0 amide bonds. The molecule has 0 aromatic carbocycles. The topological polar surface area (TPSA) is 58.9 Å². The van der Waals surface area contributed by atoms with Gasteiger partial charge in [-0.3, -0.25) is 0 Å². The number of hydrogen-bond acceptors (Lipinski definition) is 4. The van der Waals surface area contributed by atoms with Gasteiger partial charge in [0, 0.05) is 7.11 Å². The summed E-state index contributed by atoms with van der Waals surface area (Å²) >= 11 is 0. The Morgan fingerprint density at radius 1 is 1.46 bits per heavy atom. The van der Waals surface area contributed by atoms with E-state index >= 15 is 0 Å². The van der Waals surface area contributed by atoms with E-state index in [0.29, 0.717) is 0 Å². The molecule has 2 N–H and O–H groups in total. The fourth-order valence-corrected chi connectivity index (χ4v) is 1.37. The van der Waals surface area contributed by atoms with Crippen LogP contribution in [0.15, 0.2) is 23.7 Å². The second kappa shape index (κ2) is 3.40. The SMILES string of the molecule is COC1=C(O)C=CC(C)(O)C1OC. The fraction of sp³-hybridized carbons (Fsp3) is 0.556. The number of aliphatic hydroxyl groups excluding tert-OH is 1. The van der Waals surface area contributed by atoms with E-state index in [4.69, 9.17) is 9.47 Å². The smallest absolute Gasteiger partial charge is 0.169 e. The van der Waals surface area contributed by atoms with Crippen LogP contribution in [0.1, 0.15) is 6.92 Å². The minimum Gasteiger partial charge on any atom is -0.504 e. The molecular weight excluding hydrogens is 172 g/mol. The minimum absolute atomic E-state index is 0.0131. The predicted octanol–water partition coefficient (Wildman–Crippen LogP) is 0.738. The Morgan fingerprint density at radius 3 is 2.46 bits per heavy atom. The predicted molar refractivity (Wildman–Crippen MR) is 47.2 cm³/mol. The van der Waals surface area contributed by atoms with Crippen LogP contribution in [0.5, 0.6) is 0 Å². The van der Waals surface area contributed by atoms with Crippen LogP contribution >= 0.6 is 0 Å². The highest BCUT2D eigenvalue weighted by Gasteiger charge is 2.38. The van der Waals surface area contributed by atoms with Crippen LogP contribution < -0.4 is 0 Å². The number of allylic oxidation sites excluding steroid dienone is 1. The molecule has 0 aliphatic heterocycles. The normalized spacial score (nSPS) is 33.7. The zero-order chi connectivity index (χ0) is 10.1. The number of rotatable bonds is 2. The Labute approximate surface area is 77.1 Å². The number of hydrogen-bond donors (Lipinski definition) is 2. The third-order valence-corrected chi connectivity index (χ3v) is 2.06. The molecule has 1 aliphatic carbocycles.